The average molecular weight is 633 g/mol. The van der Waals surface area contributed by atoms with Crippen LogP contribution in [0.5, 0.6) is 11.5 Å². The number of nitrogens with zero attached hydrogens (tertiary/aromatic N) is 2. The Morgan fingerprint density at radius 3 is 1.79 bits per heavy atom. The Labute approximate surface area is 286 Å². The molecule has 8 rings (SSSR count). The van der Waals surface area contributed by atoms with E-state index >= 15 is 0 Å². The van der Waals surface area contributed by atoms with E-state index in [9.17, 15) is 0 Å². The molecule has 0 saturated heterocycles. The normalized spacial score (nSPS) is 14.9. The van der Waals surface area contributed by atoms with Gasteiger partial charge in [0.25, 0.3) is 6.71 Å². The van der Waals surface area contributed by atoms with E-state index in [2.05, 4.69) is 163 Å². The van der Waals surface area contributed by atoms with Crippen LogP contribution in [-0.4, -0.2) is 13.5 Å². The Balaban J connectivity index is 1.48. The lowest BCUT2D eigenvalue weighted by atomic mass is 9.33. The second kappa shape index (κ2) is 10.4. The highest BCUT2D eigenvalue weighted by molar-refractivity contribution is 7.00. The predicted molar refractivity (Wildman–Crippen MR) is 203 cm³/mol. The van der Waals surface area contributed by atoms with E-state index in [0.717, 1.165) is 17.2 Å². The second-order valence-electron chi connectivity index (χ2n) is 16.7. The van der Waals surface area contributed by atoms with Crippen LogP contribution in [0.2, 0.25) is 0 Å². The molecule has 3 aliphatic rings. The fraction of sp³-hybridized carbons (Fsp3) is 0.302. The van der Waals surface area contributed by atoms with Gasteiger partial charge in [0.2, 0.25) is 6.79 Å². The summed E-state index contributed by atoms with van der Waals surface area (Å²) in [5, 5.41) is 0. The van der Waals surface area contributed by atoms with Crippen LogP contribution in [0.4, 0.5) is 34.1 Å². The molecule has 0 bridgehead atoms. The molecule has 5 heteroatoms. The minimum absolute atomic E-state index is 0.00949. The third kappa shape index (κ3) is 4.73. The minimum atomic E-state index is -0.0833. The van der Waals surface area contributed by atoms with Gasteiger partial charge in [0, 0.05) is 28.4 Å². The molecule has 5 aromatic rings. The van der Waals surface area contributed by atoms with Crippen molar-refractivity contribution in [3.63, 3.8) is 0 Å². The van der Waals surface area contributed by atoms with Crippen molar-refractivity contribution in [2.45, 2.75) is 78.6 Å². The summed E-state index contributed by atoms with van der Waals surface area (Å²) >= 11 is 0. The van der Waals surface area contributed by atoms with Crippen molar-refractivity contribution >= 4 is 57.2 Å². The maximum absolute atomic E-state index is 6.17. The molecule has 48 heavy (non-hydrogen) atoms. The van der Waals surface area contributed by atoms with Crippen LogP contribution in [0.1, 0.15) is 79.0 Å². The molecular formula is C43H45BN2O2. The Morgan fingerprint density at radius 2 is 1.10 bits per heavy atom. The summed E-state index contributed by atoms with van der Waals surface area (Å²) in [7, 11) is 0. The van der Waals surface area contributed by atoms with Crippen molar-refractivity contribution in [3.05, 3.63) is 114 Å². The van der Waals surface area contributed by atoms with Crippen LogP contribution < -0.4 is 35.7 Å². The number of fused-ring (bicyclic) bond motifs is 5. The van der Waals surface area contributed by atoms with Gasteiger partial charge in [-0.15, -0.1) is 0 Å². The molecule has 0 spiro atoms. The predicted octanol–water partition coefficient (Wildman–Crippen LogP) is 9.39. The summed E-state index contributed by atoms with van der Waals surface area (Å²) in [6.07, 6.45) is 0. The SMILES string of the molecule is CC(C)(C)c1ccc(N2c3ccc(C(C)(C)C)cc3B3c4ccccc4N(c4cccc5c4OCO5)c4cc(C(C)(C)C)cc2c43)cc1. The number of hydrogen-bond donors (Lipinski definition) is 0. The topological polar surface area (TPSA) is 24.9 Å². The van der Waals surface area contributed by atoms with Crippen LogP contribution >= 0.6 is 0 Å². The van der Waals surface area contributed by atoms with E-state index in [0.29, 0.717) is 0 Å². The van der Waals surface area contributed by atoms with Gasteiger partial charge >= 0.3 is 0 Å². The number of ether oxygens (including phenoxy) is 2. The first kappa shape index (κ1) is 30.7. The van der Waals surface area contributed by atoms with Crippen molar-refractivity contribution in [1.29, 1.82) is 0 Å². The molecule has 3 aliphatic heterocycles. The number of anilines is 6. The van der Waals surface area contributed by atoms with Crippen LogP contribution in [0, 0.1) is 0 Å². The van der Waals surface area contributed by atoms with Crippen molar-refractivity contribution in [2.24, 2.45) is 0 Å². The van der Waals surface area contributed by atoms with Crippen LogP contribution in [0.3, 0.4) is 0 Å². The maximum Gasteiger partial charge on any atom is 0.252 e. The second-order valence-corrected chi connectivity index (χ2v) is 16.7. The summed E-state index contributed by atoms with van der Waals surface area (Å²) in [5.74, 6) is 1.58. The van der Waals surface area contributed by atoms with E-state index in [1.165, 1.54) is 61.5 Å². The first-order valence-electron chi connectivity index (χ1n) is 17.2. The van der Waals surface area contributed by atoms with E-state index < -0.39 is 0 Å². The molecule has 0 atom stereocenters. The largest absolute Gasteiger partial charge is 0.454 e. The van der Waals surface area contributed by atoms with Crippen molar-refractivity contribution < 1.29 is 9.47 Å². The first-order chi connectivity index (χ1) is 22.7. The summed E-state index contributed by atoms with van der Waals surface area (Å²) in [5.41, 5.74) is 14.9. The smallest absolute Gasteiger partial charge is 0.252 e. The summed E-state index contributed by atoms with van der Waals surface area (Å²) in [6.45, 7) is 21.0. The van der Waals surface area contributed by atoms with E-state index in [1.54, 1.807) is 0 Å². The number of rotatable bonds is 2. The Bertz CT molecular complexity index is 2080. The van der Waals surface area contributed by atoms with Gasteiger partial charge in [0.1, 0.15) is 0 Å². The first-order valence-corrected chi connectivity index (χ1v) is 17.2. The molecule has 0 saturated carbocycles. The fourth-order valence-electron chi connectivity index (χ4n) is 7.59. The fourth-order valence-corrected chi connectivity index (χ4v) is 7.59. The van der Waals surface area contributed by atoms with E-state index in [-0.39, 0.29) is 29.8 Å². The molecule has 0 radical (unpaired) electrons. The van der Waals surface area contributed by atoms with Crippen LogP contribution in [0.15, 0.2) is 97.1 Å². The Hall–Kier alpha value is -4.64. The average Bonchev–Trinajstić information content (AvgIpc) is 3.53. The minimum Gasteiger partial charge on any atom is -0.454 e. The van der Waals surface area contributed by atoms with Crippen molar-refractivity contribution in [3.8, 4) is 11.5 Å². The van der Waals surface area contributed by atoms with Gasteiger partial charge < -0.3 is 19.3 Å². The lowest BCUT2D eigenvalue weighted by Gasteiger charge is -2.45. The van der Waals surface area contributed by atoms with Crippen molar-refractivity contribution in [1.82, 2.24) is 0 Å². The highest BCUT2D eigenvalue weighted by atomic mass is 16.7. The molecule has 0 unspecified atom stereocenters. The van der Waals surface area contributed by atoms with Gasteiger partial charge in [-0.2, -0.15) is 0 Å². The summed E-state index contributed by atoms with van der Waals surface area (Å²) in [4.78, 5) is 4.94. The van der Waals surface area contributed by atoms with E-state index in [1.807, 2.05) is 6.07 Å². The highest BCUT2D eigenvalue weighted by Crippen LogP contribution is 2.50. The van der Waals surface area contributed by atoms with Gasteiger partial charge in [0.15, 0.2) is 11.5 Å². The Kier molecular flexibility index (Phi) is 6.67. The molecular weight excluding hydrogens is 587 g/mol. The summed E-state index contributed by atoms with van der Waals surface area (Å²) < 4.78 is 12.1. The lowest BCUT2D eigenvalue weighted by molar-refractivity contribution is 0.174. The molecule has 0 amide bonds. The molecule has 0 N–H and O–H groups in total. The number of hydrogen-bond acceptors (Lipinski definition) is 4. The molecule has 5 aromatic carbocycles. The van der Waals surface area contributed by atoms with Crippen LogP contribution in [0.25, 0.3) is 0 Å². The van der Waals surface area contributed by atoms with Gasteiger partial charge in [-0.1, -0.05) is 111 Å². The third-order valence-electron chi connectivity index (χ3n) is 10.3. The Morgan fingerprint density at radius 1 is 0.500 bits per heavy atom. The van der Waals surface area contributed by atoms with Crippen molar-refractivity contribution in [2.75, 3.05) is 16.6 Å². The summed E-state index contributed by atoms with van der Waals surface area (Å²) in [6, 6.07) is 36.4. The molecule has 0 aliphatic carbocycles. The maximum atomic E-state index is 6.17. The number of para-hydroxylation sites is 2. The zero-order valence-electron chi connectivity index (χ0n) is 29.7. The van der Waals surface area contributed by atoms with Gasteiger partial charge in [-0.25, -0.2) is 0 Å². The monoisotopic (exact) mass is 632 g/mol. The third-order valence-corrected chi connectivity index (χ3v) is 10.3. The van der Waals surface area contributed by atoms with Gasteiger partial charge in [0.05, 0.1) is 5.69 Å². The zero-order valence-corrected chi connectivity index (χ0v) is 29.7. The van der Waals surface area contributed by atoms with E-state index in [4.69, 9.17) is 9.47 Å². The highest BCUT2D eigenvalue weighted by Gasteiger charge is 2.45. The standard InChI is InChI=1S/C43H45BN2O2/c1-41(2,3)27-17-20-30(21-18-27)45-34-22-19-28(42(4,5)6)23-32(34)44-31-13-10-11-14-33(31)46(35-15-12-16-38-40(35)48-26-47-38)37-25-29(43(7,8)9)24-36(45)39(37)44/h10-25H,26H2,1-9H3. The molecule has 3 heterocycles. The van der Waals surface area contributed by atoms with Crippen LogP contribution in [-0.2, 0) is 16.2 Å². The number of benzene rings is 5. The quantitative estimate of drug-likeness (QED) is 0.177. The lowest BCUT2D eigenvalue weighted by Crippen LogP contribution is -2.61. The van der Waals surface area contributed by atoms with Gasteiger partial charge in [-0.05, 0) is 97.9 Å². The molecule has 0 fully saturated rings. The van der Waals surface area contributed by atoms with Gasteiger partial charge in [-0.3, -0.25) is 0 Å². The molecule has 0 aromatic heterocycles. The molecule has 242 valence electrons. The molecule has 4 nitrogen and oxygen atoms in total. The zero-order chi connectivity index (χ0) is 33.7.